The molecule has 1 atom stereocenters. The molecule has 0 bridgehead atoms. The SMILES string of the molecule is [O-][S+](Cl)[PH](c1ccccc1)(c1ccccc1)c1ccccc1. The predicted molar refractivity (Wildman–Crippen MR) is 101 cm³/mol. The van der Waals surface area contributed by atoms with Gasteiger partial charge in [0.1, 0.15) is 0 Å². The Balaban J connectivity index is 2.34. The Labute approximate surface area is 138 Å². The first-order chi connectivity index (χ1) is 10.8. The molecule has 0 saturated heterocycles. The van der Waals surface area contributed by atoms with E-state index in [9.17, 15) is 4.55 Å². The van der Waals surface area contributed by atoms with Crippen molar-refractivity contribution in [2.45, 2.75) is 0 Å². The number of halogens is 1. The van der Waals surface area contributed by atoms with Crippen molar-refractivity contribution in [3.05, 3.63) is 91.0 Å². The fraction of sp³-hybridized carbons (Fsp3) is 0. The fourth-order valence-electron chi connectivity index (χ4n) is 2.80. The molecular formula is C18H16ClOPS. The molecule has 0 spiro atoms. The molecule has 0 N–H and O–H groups in total. The molecule has 0 aromatic heterocycles. The number of hydrogen-bond donors (Lipinski definition) is 0. The zero-order chi connectivity index (χ0) is 15.4. The van der Waals surface area contributed by atoms with Gasteiger partial charge in [0.2, 0.25) is 0 Å². The van der Waals surface area contributed by atoms with E-state index in [2.05, 4.69) is 0 Å². The van der Waals surface area contributed by atoms with Crippen LogP contribution in [0.5, 0.6) is 0 Å². The van der Waals surface area contributed by atoms with Gasteiger partial charge < -0.3 is 0 Å². The fourth-order valence-corrected chi connectivity index (χ4v) is 11.6. The summed E-state index contributed by atoms with van der Waals surface area (Å²) in [6.45, 7) is -2.76. The van der Waals surface area contributed by atoms with Crippen molar-refractivity contribution >= 4 is 43.1 Å². The van der Waals surface area contributed by atoms with Crippen molar-refractivity contribution in [1.82, 2.24) is 0 Å². The Bertz CT molecular complexity index is 623. The Morgan fingerprint density at radius 2 is 0.864 bits per heavy atom. The summed E-state index contributed by atoms with van der Waals surface area (Å²) < 4.78 is 12.8. The van der Waals surface area contributed by atoms with Crippen LogP contribution in [0.3, 0.4) is 0 Å². The molecule has 0 saturated carbocycles. The maximum absolute atomic E-state index is 12.8. The van der Waals surface area contributed by atoms with Crippen LogP contribution in [0.15, 0.2) is 91.0 Å². The molecule has 1 nitrogen and oxygen atoms in total. The Kier molecular flexibility index (Phi) is 4.85. The van der Waals surface area contributed by atoms with Crippen LogP contribution in [-0.2, 0) is 10.0 Å². The number of rotatable bonds is 4. The molecule has 0 aliphatic rings. The number of hydrogen-bond acceptors (Lipinski definition) is 1. The van der Waals surface area contributed by atoms with E-state index in [1.54, 1.807) is 0 Å². The molecule has 3 aromatic rings. The predicted octanol–water partition coefficient (Wildman–Crippen LogP) is 3.53. The third-order valence-electron chi connectivity index (χ3n) is 3.78. The van der Waals surface area contributed by atoms with Crippen LogP contribution in [0.2, 0.25) is 0 Å². The van der Waals surface area contributed by atoms with Crippen LogP contribution in [0.4, 0.5) is 0 Å². The van der Waals surface area contributed by atoms with E-state index in [1.807, 2.05) is 91.0 Å². The molecule has 0 aliphatic carbocycles. The molecule has 3 aromatic carbocycles. The summed E-state index contributed by atoms with van der Waals surface area (Å²) in [5.41, 5.74) is 0. The van der Waals surface area contributed by atoms with Crippen LogP contribution >= 0.6 is 17.1 Å². The minimum absolute atomic E-state index is 1.06. The van der Waals surface area contributed by atoms with Crippen LogP contribution < -0.4 is 15.9 Å². The van der Waals surface area contributed by atoms with Gasteiger partial charge in [0.15, 0.2) is 0 Å². The second kappa shape index (κ2) is 6.85. The van der Waals surface area contributed by atoms with Gasteiger partial charge in [0, 0.05) is 0 Å². The van der Waals surface area contributed by atoms with Gasteiger partial charge in [-0.05, 0) is 0 Å². The molecule has 3 rings (SSSR count). The van der Waals surface area contributed by atoms with Crippen molar-refractivity contribution in [2.24, 2.45) is 0 Å². The third-order valence-corrected chi connectivity index (χ3v) is 13.4. The normalized spacial score (nSPS) is 13.5. The van der Waals surface area contributed by atoms with Crippen molar-refractivity contribution < 1.29 is 4.55 Å². The van der Waals surface area contributed by atoms with Gasteiger partial charge in [-0.3, -0.25) is 0 Å². The van der Waals surface area contributed by atoms with Crippen LogP contribution in [0, 0.1) is 0 Å². The van der Waals surface area contributed by atoms with Gasteiger partial charge in [-0.25, -0.2) is 0 Å². The molecule has 0 radical (unpaired) electrons. The van der Waals surface area contributed by atoms with Crippen molar-refractivity contribution in [3.8, 4) is 0 Å². The molecule has 0 heterocycles. The zero-order valence-corrected chi connectivity index (χ0v) is 14.4. The second-order valence-corrected chi connectivity index (χ2v) is 13.1. The Morgan fingerprint density at radius 1 is 0.591 bits per heavy atom. The van der Waals surface area contributed by atoms with E-state index >= 15 is 0 Å². The summed E-state index contributed by atoms with van der Waals surface area (Å²) in [5.74, 6) is 0. The molecule has 112 valence electrons. The van der Waals surface area contributed by atoms with Crippen LogP contribution in [0.1, 0.15) is 0 Å². The van der Waals surface area contributed by atoms with E-state index < -0.39 is 16.5 Å². The average molecular weight is 347 g/mol. The standard InChI is InChI=1S/C18H16ClOPS/c19-22(20)21(16-10-4-1-5-11-16,17-12-6-2-7-13-17)18-14-8-3-9-15-18/h1-15,21H. The van der Waals surface area contributed by atoms with Crippen molar-refractivity contribution in [2.75, 3.05) is 0 Å². The van der Waals surface area contributed by atoms with Crippen molar-refractivity contribution in [1.29, 1.82) is 0 Å². The van der Waals surface area contributed by atoms with Crippen LogP contribution in [0.25, 0.3) is 0 Å². The van der Waals surface area contributed by atoms with Gasteiger partial charge in [-0.15, -0.1) is 0 Å². The third kappa shape index (κ3) is 2.68. The van der Waals surface area contributed by atoms with Gasteiger partial charge in [-0.1, -0.05) is 0 Å². The molecular weight excluding hydrogens is 331 g/mol. The summed E-state index contributed by atoms with van der Waals surface area (Å²) in [5, 5.41) is 3.17. The molecule has 1 unspecified atom stereocenters. The molecule has 4 heteroatoms. The summed E-state index contributed by atoms with van der Waals surface area (Å²) in [7, 11) is 4.83. The topological polar surface area (TPSA) is 23.1 Å². The average Bonchev–Trinajstić information content (AvgIpc) is 2.58. The molecule has 0 fully saturated rings. The van der Waals surface area contributed by atoms with Gasteiger partial charge >= 0.3 is 139 Å². The van der Waals surface area contributed by atoms with E-state index in [0.717, 1.165) is 15.9 Å². The Hall–Kier alpha value is -1.31. The van der Waals surface area contributed by atoms with E-state index in [1.165, 1.54) is 0 Å². The zero-order valence-electron chi connectivity index (χ0n) is 11.9. The maximum atomic E-state index is 12.8. The summed E-state index contributed by atoms with van der Waals surface area (Å²) in [6.07, 6.45) is 0. The van der Waals surface area contributed by atoms with E-state index in [-0.39, 0.29) is 0 Å². The minimum atomic E-state index is -2.76. The van der Waals surface area contributed by atoms with Gasteiger partial charge in [0.05, 0.1) is 0 Å². The molecule has 0 amide bonds. The monoisotopic (exact) mass is 346 g/mol. The molecule has 22 heavy (non-hydrogen) atoms. The van der Waals surface area contributed by atoms with Gasteiger partial charge in [0.25, 0.3) is 0 Å². The quantitative estimate of drug-likeness (QED) is 0.523. The van der Waals surface area contributed by atoms with E-state index in [0.29, 0.717) is 0 Å². The first-order valence-corrected chi connectivity index (χ1v) is 11.7. The van der Waals surface area contributed by atoms with E-state index in [4.69, 9.17) is 10.7 Å². The first-order valence-electron chi connectivity index (χ1n) is 7.01. The van der Waals surface area contributed by atoms with Gasteiger partial charge in [-0.2, -0.15) is 0 Å². The molecule has 0 aliphatic heterocycles. The van der Waals surface area contributed by atoms with Crippen LogP contribution in [-0.4, -0.2) is 4.55 Å². The van der Waals surface area contributed by atoms with Crippen molar-refractivity contribution in [3.63, 3.8) is 0 Å². The summed E-state index contributed by atoms with van der Waals surface area (Å²) in [6, 6.07) is 30.0. The number of benzene rings is 3. The first kappa shape index (κ1) is 15.6. The summed E-state index contributed by atoms with van der Waals surface area (Å²) in [4.78, 5) is 0. The Morgan fingerprint density at radius 3 is 1.09 bits per heavy atom. The second-order valence-electron chi connectivity index (χ2n) is 5.00. The summed E-state index contributed by atoms with van der Waals surface area (Å²) >= 11 is 0.